The molecule has 134 valence electrons. The van der Waals surface area contributed by atoms with Gasteiger partial charge in [0.2, 0.25) is 5.95 Å². The third-order valence-electron chi connectivity index (χ3n) is 4.18. The number of hydrogen-bond donors (Lipinski definition) is 0. The first-order chi connectivity index (χ1) is 12.5. The molecule has 26 heavy (non-hydrogen) atoms. The van der Waals surface area contributed by atoms with Crippen molar-refractivity contribution in [3.8, 4) is 0 Å². The SMILES string of the molecule is FC(F)(F)c1cccc(CSc2nnc3n2CCN3c2ccccc2)c1. The molecule has 0 aliphatic carbocycles. The van der Waals surface area contributed by atoms with Crippen LogP contribution in [0.3, 0.4) is 0 Å². The molecule has 0 saturated carbocycles. The van der Waals surface area contributed by atoms with Gasteiger partial charge in [0, 0.05) is 24.5 Å². The number of aromatic nitrogens is 3. The topological polar surface area (TPSA) is 34.0 Å². The van der Waals surface area contributed by atoms with Crippen LogP contribution in [0, 0.1) is 0 Å². The molecule has 4 rings (SSSR count). The van der Waals surface area contributed by atoms with Gasteiger partial charge in [-0.2, -0.15) is 13.2 Å². The van der Waals surface area contributed by atoms with Gasteiger partial charge in [-0.15, -0.1) is 10.2 Å². The smallest absolute Gasteiger partial charge is 0.309 e. The number of fused-ring (bicyclic) bond motifs is 1. The van der Waals surface area contributed by atoms with Crippen LogP contribution in [0.15, 0.2) is 59.8 Å². The minimum atomic E-state index is -4.33. The summed E-state index contributed by atoms with van der Waals surface area (Å²) >= 11 is 1.40. The van der Waals surface area contributed by atoms with Crippen molar-refractivity contribution in [2.45, 2.75) is 23.6 Å². The Morgan fingerprint density at radius 3 is 2.54 bits per heavy atom. The number of thioether (sulfide) groups is 1. The highest BCUT2D eigenvalue weighted by Gasteiger charge is 2.30. The molecule has 0 spiro atoms. The van der Waals surface area contributed by atoms with E-state index in [-0.39, 0.29) is 0 Å². The standard InChI is InChI=1S/C18H15F3N4S/c19-18(20,21)14-6-4-5-13(11-14)12-26-17-23-22-16-24(9-10-25(16)17)15-7-2-1-3-8-15/h1-8,11H,9-10,12H2. The molecule has 8 heteroatoms. The lowest BCUT2D eigenvalue weighted by molar-refractivity contribution is -0.137. The lowest BCUT2D eigenvalue weighted by Gasteiger charge is -2.14. The Labute approximate surface area is 152 Å². The monoisotopic (exact) mass is 376 g/mol. The van der Waals surface area contributed by atoms with Crippen molar-refractivity contribution in [3.63, 3.8) is 0 Å². The highest BCUT2D eigenvalue weighted by molar-refractivity contribution is 7.98. The molecular formula is C18H15F3N4S. The number of hydrogen-bond acceptors (Lipinski definition) is 4. The van der Waals surface area contributed by atoms with Gasteiger partial charge in [0.1, 0.15) is 0 Å². The van der Waals surface area contributed by atoms with E-state index in [0.29, 0.717) is 11.3 Å². The predicted molar refractivity (Wildman–Crippen MR) is 94.5 cm³/mol. The molecule has 0 bridgehead atoms. The van der Waals surface area contributed by atoms with Crippen LogP contribution in [-0.2, 0) is 18.5 Å². The average molecular weight is 376 g/mol. The normalized spacial score (nSPS) is 13.9. The number of benzene rings is 2. The fourth-order valence-electron chi connectivity index (χ4n) is 2.92. The van der Waals surface area contributed by atoms with Crippen molar-refractivity contribution in [2.75, 3.05) is 11.4 Å². The Balaban J connectivity index is 1.50. The van der Waals surface area contributed by atoms with Crippen molar-refractivity contribution in [3.05, 3.63) is 65.7 Å². The van der Waals surface area contributed by atoms with Crippen molar-refractivity contribution in [2.24, 2.45) is 0 Å². The van der Waals surface area contributed by atoms with Gasteiger partial charge in [0.15, 0.2) is 5.16 Å². The molecule has 1 aromatic heterocycles. The molecule has 3 aromatic rings. The fraction of sp³-hybridized carbons (Fsp3) is 0.222. The number of anilines is 2. The molecular weight excluding hydrogens is 361 g/mol. The van der Waals surface area contributed by atoms with E-state index in [4.69, 9.17) is 0 Å². The zero-order valence-corrected chi connectivity index (χ0v) is 14.5. The maximum Gasteiger partial charge on any atom is 0.416 e. The summed E-state index contributed by atoms with van der Waals surface area (Å²) in [6.07, 6.45) is -4.33. The van der Waals surface area contributed by atoms with Crippen LogP contribution in [0.1, 0.15) is 11.1 Å². The molecule has 0 atom stereocenters. The maximum atomic E-state index is 12.8. The lowest BCUT2D eigenvalue weighted by atomic mass is 10.1. The van der Waals surface area contributed by atoms with Gasteiger partial charge in [-0.05, 0) is 23.8 Å². The summed E-state index contributed by atoms with van der Waals surface area (Å²) in [4.78, 5) is 2.08. The Kier molecular flexibility index (Phi) is 4.36. The van der Waals surface area contributed by atoms with Crippen molar-refractivity contribution in [1.82, 2.24) is 14.8 Å². The molecule has 2 heterocycles. The van der Waals surface area contributed by atoms with Gasteiger partial charge < -0.3 is 4.90 Å². The summed E-state index contributed by atoms with van der Waals surface area (Å²) in [5, 5.41) is 9.19. The van der Waals surface area contributed by atoms with Gasteiger partial charge >= 0.3 is 6.18 Å². The summed E-state index contributed by atoms with van der Waals surface area (Å²) < 4.78 is 40.5. The lowest BCUT2D eigenvalue weighted by Crippen LogP contribution is -2.13. The minimum Gasteiger partial charge on any atom is -0.309 e. The van der Waals surface area contributed by atoms with E-state index in [9.17, 15) is 13.2 Å². The zero-order chi connectivity index (χ0) is 18.1. The van der Waals surface area contributed by atoms with Crippen LogP contribution in [0.4, 0.5) is 24.8 Å². The van der Waals surface area contributed by atoms with Crippen LogP contribution in [0.5, 0.6) is 0 Å². The molecule has 2 aromatic carbocycles. The van der Waals surface area contributed by atoms with Gasteiger partial charge in [0.05, 0.1) is 5.56 Å². The zero-order valence-electron chi connectivity index (χ0n) is 13.6. The third-order valence-corrected chi connectivity index (χ3v) is 5.21. The van der Waals surface area contributed by atoms with E-state index in [1.807, 2.05) is 34.9 Å². The van der Waals surface area contributed by atoms with Crippen molar-refractivity contribution in [1.29, 1.82) is 0 Å². The number of para-hydroxylation sites is 1. The quantitative estimate of drug-likeness (QED) is 0.616. The first kappa shape index (κ1) is 17.0. The highest BCUT2D eigenvalue weighted by atomic mass is 32.2. The maximum absolute atomic E-state index is 12.8. The molecule has 0 unspecified atom stereocenters. The largest absolute Gasteiger partial charge is 0.416 e. The second kappa shape index (κ2) is 6.68. The minimum absolute atomic E-state index is 0.410. The fourth-order valence-corrected chi connectivity index (χ4v) is 3.82. The Morgan fingerprint density at radius 2 is 1.77 bits per heavy atom. The number of alkyl halides is 3. The molecule has 1 aliphatic heterocycles. The molecule has 0 N–H and O–H groups in total. The summed E-state index contributed by atoms with van der Waals surface area (Å²) in [5.41, 5.74) is 1.03. The number of halogens is 3. The van der Waals surface area contributed by atoms with E-state index in [1.165, 1.54) is 23.9 Å². The molecule has 0 fully saturated rings. The second-order valence-corrected chi connectivity index (χ2v) is 6.85. The number of nitrogens with zero attached hydrogens (tertiary/aromatic N) is 4. The first-order valence-corrected chi connectivity index (χ1v) is 9.06. The van der Waals surface area contributed by atoms with Crippen LogP contribution in [0.2, 0.25) is 0 Å². The average Bonchev–Trinajstić information content (AvgIpc) is 3.22. The van der Waals surface area contributed by atoms with Crippen LogP contribution in [0.25, 0.3) is 0 Å². The van der Waals surface area contributed by atoms with E-state index in [0.717, 1.165) is 35.9 Å². The summed E-state index contributed by atoms with van der Waals surface area (Å²) in [6, 6.07) is 15.3. The van der Waals surface area contributed by atoms with Crippen LogP contribution in [-0.4, -0.2) is 21.3 Å². The number of rotatable bonds is 4. The molecule has 0 saturated heterocycles. The van der Waals surface area contributed by atoms with Crippen LogP contribution >= 0.6 is 11.8 Å². The summed E-state index contributed by atoms with van der Waals surface area (Å²) in [7, 11) is 0. The van der Waals surface area contributed by atoms with Crippen molar-refractivity contribution < 1.29 is 13.2 Å². The summed E-state index contributed by atoms with van der Waals surface area (Å²) in [5.74, 6) is 1.18. The molecule has 0 amide bonds. The van der Waals surface area contributed by atoms with E-state index in [1.54, 1.807) is 6.07 Å². The molecule has 1 aliphatic rings. The van der Waals surface area contributed by atoms with Crippen molar-refractivity contribution >= 4 is 23.4 Å². The van der Waals surface area contributed by atoms with Crippen LogP contribution < -0.4 is 4.90 Å². The summed E-state index contributed by atoms with van der Waals surface area (Å²) in [6.45, 7) is 1.55. The molecule has 0 radical (unpaired) electrons. The van der Waals surface area contributed by atoms with E-state index >= 15 is 0 Å². The van der Waals surface area contributed by atoms with E-state index in [2.05, 4.69) is 15.1 Å². The Hall–Kier alpha value is -2.48. The van der Waals surface area contributed by atoms with Gasteiger partial charge in [-0.1, -0.05) is 48.2 Å². The van der Waals surface area contributed by atoms with Gasteiger partial charge in [0.25, 0.3) is 0 Å². The third kappa shape index (κ3) is 3.29. The predicted octanol–water partition coefficient (Wildman–Crippen LogP) is 4.74. The molecule has 4 nitrogen and oxygen atoms in total. The van der Waals surface area contributed by atoms with Gasteiger partial charge in [-0.3, -0.25) is 4.57 Å². The first-order valence-electron chi connectivity index (χ1n) is 8.07. The Bertz CT molecular complexity index is 908. The van der Waals surface area contributed by atoms with Gasteiger partial charge in [-0.25, -0.2) is 0 Å². The van der Waals surface area contributed by atoms with E-state index < -0.39 is 11.7 Å². The highest BCUT2D eigenvalue weighted by Crippen LogP contribution is 2.34. The second-order valence-electron chi connectivity index (χ2n) is 5.91. The Morgan fingerprint density at radius 1 is 0.962 bits per heavy atom.